The molecule has 3 heterocycles. The van der Waals surface area contributed by atoms with E-state index in [0.29, 0.717) is 44.4 Å². The predicted molar refractivity (Wildman–Crippen MR) is 102 cm³/mol. The number of hydrogen-bond donors (Lipinski definition) is 0. The fraction of sp³-hybridized carbons (Fsp3) is 0.550. The minimum absolute atomic E-state index is 0.000197. The third-order valence-corrected chi connectivity index (χ3v) is 5.46. The maximum Gasteiger partial charge on any atom is 0.254 e. The van der Waals surface area contributed by atoms with Crippen LogP contribution in [-0.4, -0.2) is 70.1 Å². The molecule has 4 rings (SSSR count). The Kier molecular flexibility index (Phi) is 4.86. The molecule has 0 spiro atoms. The van der Waals surface area contributed by atoms with Crippen molar-refractivity contribution in [3.05, 3.63) is 30.1 Å². The lowest BCUT2D eigenvalue weighted by atomic mass is 10.1. The average Bonchev–Trinajstić information content (AvgIpc) is 3.36. The third-order valence-electron chi connectivity index (χ3n) is 5.46. The Morgan fingerprint density at radius 3 is 2.56 bits per heavy atom. The van der Waals surface area contributed by atoms with Crippen molar-refractivity contribution < 1.29 is 14.3 Å². The molecule has 0 N–H and O–H groups in total. The van der Waals surface area contributed by atoms with Crippen molar-refractivity contribution in [3.8, 4) is 0 Å². The van der Waals surface area contributed by atoms with Crippen LogP contribution in [0.1, 0.15) is 43.1 Å². The minimum atomic E-state index is -0.286. The standard InChI is InChI=1S/C20H26N4O3/c1-14(2)24-13-21-16-12-15(5-6-17(16)24)19(25)22-7-9-23(10-8-22)20(26)18-4-3-11-27-18/h5-6,12-14,18H,3-4,7-11H2,1-2H3. The van der Waals surface area contributed by atoms with Crippen molar-refractivity contribution >= 4 is 22.8 Å². The summed E-state index contributed by atoms with van der Waals surface area (Å²) in [4.78, 5) is 33.4. The lowest BCUT2D eigenvalue weighted by Gasteiger charge is -2.35. The monoisotopic (exact) mass is 370 g/mol. The van der Waals surface area contributed by atoms with E-state index in [1.807, 2.05) is 34.3 Å². The SMILES string of the molecule is CC(C)n1cnc2cc(C(=O)N3CCN(C(=O)C4CCCO4)CC3)ccc21. The topological polar surface area (TPSA) is 67.7 Å². The van der Waals surface area contributed by atoms with E-state index in [1.165, 1.54) is 0 Å². The average molecular weight is 370 g/mol. The molecule has 0 radical (unpaired) electrons. The van der Waals surface area contributed by atoms with Crippen LogP contribution in [0, 0.1) is 0 Å². The number of piperazine rings is 1. The van der Waals surface area contributed by atoms with Crippen LogP contribution in [-0.2, 0) is 9.53 Å². The highest BCUT2D eigenvalue weighted by molar-refractivity contribution is 5.97. The van der Waals surface area contributed by atoms with Crippen molar-refractivity contribution in [2.24, 2.45) is 0 Å². The second-order valence-electron chi connectivity index (χ2n) is 7.57. The summed E-state index contributed by atoms with van der Waals surface area (Å²) in [7, 11) is 0. The first-order valence-electron chi connectivity index (χ1n) is 9.71. The molecule has 2 aromatic rings. The molecule has 144 valence electrons. The van der Waals surface area contributed by atoms with E-state index in [9.17, 15) is 9.59 Å². The predicted octanol–water partition coefficient (Wildman–Crippen LogP) is 2.08. The van der Waals surface area contributed by atoms with E-state index in [0.717, 1.165) is 23.9 Å². The second kappa shape index (κ2) is 7.31. The van der Waals surface area contributed by atoms with Crippen LogP contribution in [0.15, 0.2) is 24.5 Å². The summed E-state index contributed by atoms with van der Waals surface area (Å²) in [5, 5.41) is 0. The first-order valence-corrected chi connectivity index (χ1v) is 9.71. The summed E-state index contributed by atoms with van der Waals surface area (Å²) in [6.45, 7) is 7.12. The fourth-order valence-corrected chi connectivity index (χ4v) is 3.86. The normalized spacial score (nSPS) is 20.6. The summed E-state index contributed by atoms with van der Waals surface area (Å²) in [6.07, 6.45) is 3.29. The summed E-state index contributed by atoms with van der Waals surface area (Å²) in [5.74, 6) is 0.0699. The van der Waals surface area contributed by atoms with Crippen molar-refractivity contribution in [1.82, 2.24) is 19.4 Å². The number of hydrogen-bond acceptors (Lipinski definition) is 4. The summed E-state index contributed by atoms with van der Waals surface area (Å²) >= 11 is 0. The van der Waals surface area contributed by atoms with E-state index in [2.05, 4.69) is 23.4 Å². The maximum absolute atomic E-state index is 12.9. The highest BCUT2D eigenvalue weighted by Gasteiger charge is 2.31. The Bertz CT molecular complexity index is 846. The molecular formula is C20H26N4O3. The van der Waals surface area contributed by atoms with Gasteiger partial charge in [0.15, 0.2) is 0 Å². The zero-order valence-electron chi connectivity index (χ0n) is 15.9. The first-order chi connectivity index (χ1) is 13.0. The van der Waals surface area contributed by atoms with Gasteiger partial charge in [-0.25, -0.2) is 4.98 Å². The molecule has 27 heavy (non-hydrogen) atoms. The number of rotatable bonds is 3. The second-order valence-corrected chi connectivity index (χ2v) is 7.57. The molecule has 1 unspecified atom stereocenters. The van der Waals surface area contributed by atoms with Gasteiger partial charge in [-0.3, -0.25) is 9.59 Å². The number of aromatic nitrogens is 2. The molecule has 7 nitrogen and oxygen atoms in total. The Morgan fingerprint density at radius 2 is 1.89 bits per heavy atom. The quantitative estimate of drug-likeness (QED) is 0.830. The van der Waals surface area contributed by atoms with Gasteiger partial charge >= 0.3 is 0 Å². The number of carbonyl (C=O) groups excluding carboxylic acids is 2. The largest absolute Gasteiger partial charge is 0.368 e. The molecule has 1 aromatic carbocycles. The number of imidazole rings is 1. The van der Waals surface area contributed by atoms with E-state index in [1.54, 1.807) is 0 Å². The molecule has 2 aliphatic rings. The molecule has 7 heteroatoms. The van der Waals surface area contributed by atoms with Gasteiger partial charge in [0.05, 0.1) is 17.4 Å². The Morgan fingerprint density at radius 1 is 1.15 bits per heavy atom. The van der Waals surface area contributed by atoms with Gasteiger partial charge in [0.1, 0.15) is 6.10 Å². The van der Waals surface area contributed by atoms with Crippen LogP contribution < -0.4 is 0 Å². The van der Waals surface area contributed by atoms with Crippen LogP contribution >= 0.6 is 0 Å². The minimum Gasteiger partial charge on any atom is -0.368 e. The first kappa shape index (κ1) is 18.0. The van der Waals surface area contributed by atoms with Crippen LogP contribution in [0.25, 0.3) is 11.0 Å². The van der Waals surface area contributed by atoms with Gasteiger partial charge < -0.3 is 19.1 Å². The number of fused-ring (bicyclic) bond motifs is 1. The third kappa shape index (κ3) is 3.43. The van der Waals surface area contributed by atoms with Gasteiger partial charge in [0.25, 0.3) is 11.8 Å². The zero-order valence-corrected chi connectivity index (χ0v) is 15.9. The van der Waals surface area contributed by atoms with Gasteiger partial charge in [0.2, 0.25) is 0 Å². The van der Waals surface area contributed by atoms with Gasteiger partial charge in [-0.1, -0.05) is 0 Å². The van der Waals surface area contributed by atoms with Gasteiger partial charge in [-0.15, -0.1) is 0 Å². The van der Waals surface area contributed by atoms with Crippen LogP contribution in [0.3, 0.4) is 0 Å². The summed E-state index contributed by atoms with van der Waals surface area (Å²) in [5.41, 5.74) is 2.52. The van der Waals surface area contributed by atoms with E-state index < -0.39 is 0 Å². The molecule has 2 amide bonds. The summed E-state index contributed by atoms with van der Waals surface area (Å²) in [6, 6.07) is 6.02. The Labute approximate surface area is 158 Å². The zero-order chi connectivity index (χ0) is 19.0. The molecule has 2 saturated heterocycles. The van der Waals surface area contributed by atoms with E-state index >= 15 is 0 Å². The molecule has 2 aliphatic heterocycles. The number of amides is 2. The summed E-state index contributed by atoms with van der Waals surface area (Å²) < 4.78 is 7.59. The van der Waals surface area contributed by atoms with Crippen molar-refractivity contribution in [2.45, 2.75) is 38.8 Å². The number of benzene rings is 1. The molecule has 0 bridgehead atoms. The Balaban J connectivity index is 1.42. The van der Waals surface area contributed by atoms with Gasteiger partial charge in [-0.05, 0) is 44.9 Å². The van der Waals surface area contributed by atoms with Gasteiger partial charge in [0, 0.05) is 44.4 Å². The molecule has 1 aromatic heterocycles. The van der Waals surface area contributed by atoms with E-state index in [-0.39, 0.29) is 17.9 Å². The van der Waals surface area contributed by atoms with Gasteiger partial charge in [-0.2, -0.15) is 0 Å². The fourth-order valence-electron chi connectivity index (χ4n) is 3.86. The number of ether oxygens (including phenoxy) is 1. The van der Waals surface area contributed by atoms with Crippen molar-refractivity contribution in [1.29, 1.82) is 0 Å². The highest BCUT2D eigenvalue weighted by Crippen LogP contribution is 2.21. The number of nitrogens with zero attached hydrogens (tertiary/aromatic N) is 4. The molecule has 0 aliphatic carbocycles. The lowest BCUT2D eigenvalue weighted by Crippen LogP contribution is -2.52. The maximum atomic E-state index is 12.9. The molecule has 1 atom stereocenters. The highest BCUT2D eigenvalue weighted by atomic mass is 16.5. The van der Waals surface area contributed by atoms with Crippen molar-refractivity contribution in [3.63, 3.8) is 0 Å². The van der Waals surface area contributed by atoms with Crippen LogP contribution in [0.2, 0.25) is 0 Å². The number of carbonyl (C=O) groups is 2. The van der Waals surface area contributed by atoms with Crippen LogP contribution in [0.4, 0.5) is 0 Å². The van der Waals surface area contributed by atoms with E-state index in [4.69, 9.17) is 4.74 Å². The lowest BCUT2D eigenvalue weighted by molar-refractivity contribution is -0.142. The Hall–Kier alpha value is -2.41. The van der Waals surface area contributed by atoms with Crippen LogP contribution in [0.5, 0.6) is 0 Å². The molecule has 2 fully saturated rings. The molecular weight excluding hydrogens is 344 g/mol. The van der Waals surface area contributed by atoms with Crippen molar-refractivity contribution in [2.75, 3.05) is 32.8 Å². The molecule has 0 saturated carbocycles. The smallest absolute Gasteiger partial charge is 0.254 e.